The van der Waals surface area contributed by atoms with Crippen molar-refractivity contribution in [1.82, 2.24) is 19.6 Å². The fourth-order valence-corrected chi connectivity index (χ4v) is 3.49. The minimum absolute atomic E-state index is 0.0472. The van der Waals surface area contributed by atoms with Crippen molar-refractivity contribution in [3.63, 3.8) is 0 Å². The molecule has 0 bridgehead atoms. The molecule has 150 valence electrons. The first-order valence-electron chi connectivity index (χ1n) is 9.96. The summed E-state index contributed by atoms with van der Waals surface area (Å²) in [5.41, 5.74) is 3.37. The van der Waals surface area contributed by atoms with Crippen LogP contribution in [0, 0.1) is 6.92 Å². The SMILES string of the molecule is Cc1cnn(C(=O)N2CCN(Cc3cccc(OCc4ccccc4)c3)CC2)c1. The lowest BCUT2D eigenvalue weighted by molar-refractivity contribution is 0.134. The third-order valence-electron chi connectivity index (χ3n) is 5.10. The molecule has 1 aliphatic rings. The van der Waals surface area contributed by atoms with Gasteiger partial charge in [-0.1, -0.05) is 42.5 Å². The zero-order chi connectivity index (χ0) is 20.1. The maximum atomic E-state index is 12.5. The van der Waals surface area contributed by atoms with Crippen LogP contribution in [-0.4, -0.2) is 51.8 Å². The molecule has 1 aromatic heterocycles. The summed E-state index contributed by atoms with van der Waals surface area (Å²) >= 11 is 0. The number of hydrogen-bond donors (Lipinski definition) is 0. The standard InChI is InChI=1S/C23H26N4O2/c1-19-15-24-27(16-19)23(28)26-12-10-25(11-13-26)17-21-8-5-9-22(14-21)29-18-20-6-3-2-4-7-20/h2-9,14-16H,10-13,17-18H2,1H3. The first-order valence-corrected chi connectivity index (χ1v) is 9.96. The Kier molecular flexibility index (Phi) is 5.91. The van der Waals surface area contributed by atoms with E-state index >= 15 is 0 Å². The summed E-state index contributed by atoms with van der Waals surface area (Å²) in [5.74, 6) is 0.884. The second kappa shape index (κ2) is 8.92. The van der Waals surface area contributed by atoms with E-state index in [4.69, 9.17) is 4.74 Å². The van der Waals surface area contributed by atoms with Crippen LogP contribution in [0.25, 0.3) is 0 Å². The molecule has 6 heteroatoms. The second-order valence-electron chi connectivity index (χ2n) is 7.43. The quantitative estimate of drug-likeness (QED) is 0.668. The lowest BCUT2D eigenvalue weighted by Gasteiger charge is -2.34. The van der Waals surface area contributed by atoms with Crippen LogP contribution in [0.4, 0.5) is 4.79 Å². The van der Waals surface area contributed by atoms with Gasteiger partial charge in [0.25, 0.3) is 0 Å². The Bertz CT molecular complexity index is 946. The van der Waals surface area contributed by atoms with E-state index in [1.165, 1.54) is 10.2 Å². The molecule has 0 radical (unpaired) electrons. The van der Waals surface area contributed by atoms with Gasteiger partial charge < -0.3 is 9.64 Å². The molecule has 3 aromatic rings. The highest BCUT2D eigenvalue weighted by molar-refractivity contribution is 5.76. The zero-order valence-corrected chi connectivity index (χ0v) is 16.7. The lowest BCUT2D eigenvalue weighted by atomic mass is 10.2. The number of rotatable bonds is 5. The summed E-state index contributed by atoms with van der Waals surface area (Å²) in [6.45, 7) is 6.47. The van der Waals surface area contributed by atoms with Crippen LogP contribution < -0.4 is 4.74 Å². The molecule has 0 unspecified atom stereocenters. The van der Waals surface area contributed by atoms with E-state index in [0.29, 0.717) is 19.7 Å². The maximum Gasteiger partial charge on any atom is 0.344 e. The van der Waals surface area contributed by atoms with E-state index in [9.17, 15) is 4.79 Å². The Labute approximate surface area is 171 Å². The van der Waals surface area contributed by atoms with Crippen LogP contribution in [0.15, 0.2) is 67.0 Å². The van der Waals surface area contributed by atoms with Gasteiger partial charge in [0.1, 0.15) is 12.4 Å². The highest BCUT2D eigenvalue weighted by atomic mass is 16.5. The molecule has 2 heterocycles. The molecule has 0 saturated carbocycles. The van der Waals surface area contributed by atoms with Crippen molar-refractivity contribution >= 4 is 6.03 Å². The molecule has 0 atom stereocenters. The molecule has 29 heavy (non-hydrogen) atoms. The summed E-state index contributed by atoms with van der Waals surface area (Å²) in [6.07, 6.45) is 3.48. The Balaban J connectivity index is 1.28. The van der Waals surface area contributed by atoms with E-state index in [2.05, 4.69) is 34.3 Å². The van der Waals surface area contributed by atoms with Gasteiger partial charge in [0.15, 0.2) is 0 Å². The van der Waals surface area contributed by atoms with Gasteiger partial charge in [-0.2, -0.15) is 9.78 Å². The molecule has 1 fully saturated rings. The summed E-state index contributed by atoms with van der Waals surface area (Å²) in [4.78, 5) is 16.7. The monoisotopic (exact) mass is 390 g/mol. The number of carbonyl (C=O) groups excluding carboxylic acids is 1. The molecule has 2 aromatic carbocycles. The van der Waals surface area contributed by atoms with Crippen molar-refractivity contribution in [3.8, 4) is 5.75 Å². The van der Waals surface area contributed by atoms with Crippen molar-refractivity contribution < 1.29 is 9.53 Å². The van der Waals surface area contributed by atoms with E-state index in [0.717, 1.165) is 36.5 Å². The predicted octanol–water partition coefficient (Wildman–Crippen LogP) is 3.56. The van der Waals surface area contributed by atoms with Gasteiger partial charge in [-0.15, -0.1) is 0 Å². The van der Waals surface area contributed by atoms with Gasteiger partial charge in [-0.25, -0.2) is 4.79 Å². The number of aromatic nitrogens is 2. The summed E-state index contributed by atoms with van der Waals surface area (Å²) in [5, 5.41) is 4.12. The van der Waals surface area contributed by atoms with Crippen molar-refractivity contribution in [2.45, 2.75) is 20.1 Å². The smallest absolute Gasteiger partial charge is 0.344 e. The van der Waals surface area contributed by atoms with E-state index < -0.39 is 0 Å². The fourth-order valence-electron chi connectivity index (χ4n) is 3.49. The van der Waals surface area contributed by atoms with Crippen molar-refractivity contribution in [2.24, 2.45) is 0 Å². The van der Waals surface area contributed by atoms with Gasteiger partial charge >= 0.3 is 6.03 Å². The minimum atomic E-state index is -0.0472. The fraction of sp³-hybridized carbons (Fsp3) is 0.304. The number of carbonyl (C=O) groups is 1. The Hall–Kier alpha value is -3.12. The average molecular weight is 390 g/mol. The second-order valence-corrected chi connectivity index (χ2v) is 7.43. The van der Waals surface area contributed by atoms with Crippen LogP contribution in [0.2, 0.25) is 0 Å². The van der Waals surface area contributed by atoms with Crippen LogP contribution in [0.5, 0.6) is 5.75 Å². The molecule has 1 amide bonds. The van der Waals surface area contributed by atoms with Gasteiger partial charge in [0.2, 0.25) is 0 Å². The number of aryl methyl sites for hydroxylation is 1. The van der Waals surface area contributed by atoms with Gasteiger partial charge in [0.05, 0.1) is 6.20 Å². The Morgan fingerprint density at radius 2 is 1.76 bits per heavy atom. The number of amides is 1. The van der Waals surface area contributed by atoms with Crippen molar-refractivity contribution in [2.75, 3.05) is 26.2 Å². The Morgan fingerprint density at radius 3 is 2.48 bits per heavy atom. The molecule has 0 aliphatic carbocycles. The molecule has 0 N–H and O–H groups in total. The number of ether oxygens (including phenoxy) is 1. The van der Waals surface area contributed by atoms with Crippen LogP contribution in [0.1, 0.15) is 16.7 Å². The normalized spacial score (nSPS) is 14.7. The van der Waals surface area contributed by atoms with Crippen LogP contribution >= 0.6 is 0 Å². The highest BCUT2D eigenvalue weighted by Gasteiger charge is 2.22. The third-order valence-corrected chi connectivity index (χ3v) is 5.10. The summed E-state index contributed by atoms with van der Waals surface area (Å²) in [7, 11) is 0. The topological polar surface area (TPSA) is 50.6 Å². The first kappa shape index (κ1) is 19.2. The van der Waals surface area contributed by atoms with E-state index in [1.54, 1.807) is 12.4 Å². The maximum absolute atomic E-state index is 12.5. The van der Waals surface area contributed by atoms with Gasteiger partial charge in [0, 0.05) is 38.9 Å². The van der Waals surface area contributed by atoms with Crippen molar-refractivity contribution in [1.29, 1.82) is 0 Å². The molecule has 1 aliphatic heterocycles. The largest absolute Gasteiger partial charge is 0.489 e. The van der Waals surface area contributed by atoms with Gasteiger partial charge in [-0.05, 0) is 35.7 Å². The molecule has 6 nitrogen and oxygen atoms in total. The Morgan fingerprint density at radius 1 is 1.00 bits per heavy atom. The third kappa shape index (κ3) is 5.03. The molecular weight excluding hydrogens is 364 g/mol. The molecule has 1 saturated heterocycles. The summed E-state index contributed by atoms with van der Waals surface area (Å²) < 4.78 is 7.37. The van der Waals surface area contributed by atoms with E-state index in [1.807, 2.05) is 42.2 Å². The lowest BCUT2D eigenvalue weighted by Crippen LogP contribution is -2.49. The zero-order valence-electron chi connectivity index (χ0n) is 16.7. The molecular formula is C23H26N4O2. The molecule has 0 spiro atoms. The van der Waals surface area contributed by atoms with Crippen LogP contribution in [0.3, 0.4) is 0 Å². The van der Waals surface area contributed by atoms with Gasteiger partial charge in [-0.3, -0.25) is 4.90 Å². The van der Waals surface area contributed by atoms with Crippen LogP contribution in [-0.2, 0) is 13.2 Å². The first-order chi connectivity index (χ1) is 14.2. The summed E-state index contributed by atoms with van der Waals surface area (Å²) in [6, 6.07) is 18.4. The predicted molar refractivity (Wildman–Crippen MR) is 112 cm³/mol. The average Bonchev–Trinajstić information content (AvgIpc) is 3.20. The number of piperazine rings is 1. The number of nitrogens with zero attached hydrogens (tertiary/aromatic N) is 4. The number of hydrogen-bond acceptors (Lipinski definition) is 4. The molecule has 4 rings (SSSR count). The van der Waals surface area contributed by atoms with E-state index in [-0.39, 0.29) is 6.03 Å². The number of benzene rings is 2. The minimum Gasteiger partial charge on any atom is -0.489 e. The highest BCUT2D eigenvalue weighted by Crippen LogP contribution is 2.17. The van der Waals surface area contributed by atoms with Crippen molar-refractivity contribution in [3.05, 3.63) is 83.7 Å².